The molecule has 1 amide bonds. The largest absolute Gasteiger partial charge is 0.381 e. The Labute approximate surface area is 107 Å². The van der Waals surface area contributed by atoms with Gasteiger partial charge in [0.05, 0.1) is 16.9 Å². The van der Waals surface area contributed by atoms with Crippen LogP contribution in [0.3, 0.4) is 0 Å². The predicted molar refractivity (Wildman–Crippen MR) is 71.9 cm³/mol. The second kappa shape index (κ2) is 3.91. The van der Waals surface area contributed by atoms with Crippen molar-refractivity contribution in [3.8, 4) is 0 Å². The van der Waals surface area contributed by atoms with E-state index in [1.165, 1.54) is 0 Å². The Kier molecular flexibility index (Phi) is 2.82. The molecule has 1 aliphatic rings. The van der Waals surface area contributed by atoms with Crippen LogP contribution in [0.2, 0.25) is 5.02 Å². The van der Waals surface area contributed by atoms with Gasteiger partial charge in [-0.15, -0.1) is 0 Å². The van der Waals surface area contributed by atoms with Gasteiger partial charge in [0.2, 0.25) is 5.91 Å². The first-order valence-corrected chi connectivity index (χ1v) is 6.05. The summed E-state index contributed by atoms with van der Waals surface area (Å²) in [5, 5.41) is 4.04. The Morgan fingerprint density at radius 3 is 2.71 bits per heavy atom. The lowest BCUT2D eigenvalue weighted by Crippen LogP contribution is -2.54. The summed E-state index contributed by atoms with van der Waals surface area (Å²) in [5.41, 5.74) is 2.70. The fraction of sp³-hybridized carbons (Fsp3) is 0.462. The van der Waals surface area contributed by atoms with E-state index in [-0.39, 0.29) is 11.4 Å². The number of fused-ring (bicyclic) bond motifs is 1. The first-order valence-electron chi connectivity index (χ1n) is 5.68. The van der Waals surface area contributed by atoms with E-state index in [0.29, 0.717) is 5.02 Å². The zero-order valence-electron chi connectivity index (χ0n) is 10.6. The maximum Gasteiger partial charge on any atom is 0.224 e. The fourth-order valence-electron chi connectivity index (χ4n) is 2.44. The van der Waals surface area contributed by atoms with Crippen LogP contribution in [0.1, 0.15) is 26.3 Å². The van der Waals surface area contributed by atoms with E-state index < -0.39 is 0 Å². The van der Waals surface area contributed by atoms with Crippen molar-refractivity contribution in [2.24, 2.45) is 0 Å². The highest BCUT2D eigenvalue weighted by atomic mass is 35.5. The van der Waals surface area contributed by atoms with Crippen molar-refractivity contribution in [2.75, 3.05) is 16.8 Å². The molecule has 1 heterocycles. The van der Waals surface area contributed by atoms with Gasteiger partial charge in [0, 0.05) is 18.5 Å². The molecule has 0 unspecified atom stereocenters. The third kappa shape index (κ3) is 2.00. The molecule has 2 rings (SSSR count). The van der Waals surface area contributed by atoms with Crippen molar-refractivity contribution in [3.05, 3.63) is 22.7 Å². The van der Waals surface area contributed by atoms with E-state index in [4.69, 9.17) is 11.6 Å². The van der Waals surface area contributed by atoms with E-state index in [1.807, 2.05) is 37.8 Å². The molecule has 3 nitrogen and oxygen atoms in total. The third-order valence-corrected chi connectivity index (χ3v) is 3.36. The van der Waals surface area contributed by atoms with Crippen LogP contribution in [0.25, 0.3) is 0 Å². The molecule has 0 bridgehead atoms. The van der Waals surface area contributed by atoms with Crippen molar-refractivity contribution >= 4 is 28.9 Å². The molecule has 0 aromatic heterocycles. The summed E-state index contributed by atoms with van der Waals surface area (Å²) in [6.45, 7) is 8.41. The summed E-state index contributed by atoms with van der Waals surface area (Å²) >= 11 is 6.08. The van der Waals surface area contributed by atoms with Gasteiger partial charge in [-0.1, -0.05) is 11.6 Å². The maximum absolute atomic E-state index is 11.9. The highest BCUT2D eigenvalue weighted by Crippen LogP contribution is 2.40. The maximum atomic E-state index is 11.9. The molecule has 92 valence electrons. The Morgan fingerprint density at radius 1 is 1.47 bits per heavy atom. The lowest BCUT2D eigenvalue weighted by Gasteiger charge is -2.44. The summed E-state index contributed by atoms with van der Waals surface area (Å²) in [5.74, 6) is 0.0411. The standard InChI is InChI=1S/C13H17ClN2O/c1-8-5-10(14)6-11-12(8)15-7-13(3,4)16(11)9(2)17/h5-6,15H,7H2,1-4H3. The SMILES string of the molecule is CC(=O)N1c2cc(Cl)cc(C)c2NCC1(C)C. The van der Waals surface area contributed by atoms with Gasteiger partial charge in [-0.2, -0.15) is 0 Å². The molecule has 0 radical (unpaired) electrons. The molecule has 1 aliphatic heterocycles. The second-order valence-electron chi connectivity index (χ2n) is 5.14. The number of nitrogens with zero attached hydrogens (tertiary/aromatic N) is 1. The van der Waals surface area contributed by atoms with Crippen molar-refractivity contribution in [1.82, 2.24) is 0 Å². The quantitative estimate of drug-likeness (QED) is 0.769. The Hall–Kier alpha value is -1.22. The van der Waals surface area contributed by atoms with E-state index in [1.54, 1.807) is 6.92 Å². The molecule has 0 spiro atoms. The normalized spacial score (nSPS) is 17.4. The summed E-state index contributed by atoms with van der Waals surface area (Å²) in [7, 11) is 0. The number of carbonyl (C=O) groups is 1. The molecule has 1 N–H and O–H groups in total. The smallest absolute Gasteiger partial charge is 0.224 e. The topological polar surface area (TPSA) is 32.3 Å². The molecule has 0 saturated heterocycles. The minimum Gasteiger partial charge on any atom is -0.381 e. The average Bonchev–Trinajstić information content (AvgIpc) is 2.13. The monoisotopic (exact) mass is 252 g/mol. The number of anilines is 2. The van der Waals surface area contributed by atoms with Crippen LogP contribution in [-0.2, 0) is 4.79 Å². The van der Waals surface area contributed by atoms with Crippen LogP contribution >= 0.6 is 11.6 Å². The number of amides is 1. The van der Waals surface area contributed by atoms with Gasteiger partial charge >= 0.3 is 0 Å². The van der Waals surface area contributed by atoms with Gasteiger partial charge in [0.1, 0.15) is 0 Å². The first-order chi connectivity index (χ1) is 7.83. The number of nitrogens with one attached hydrogen (secondary N) is 1. The Morgan fingerprint density at radius 2 is 2.12 bits per heavy atom. The molecule has 0 aliphatic carbocycles. The van der Waals surface area contributed by atoms with E-state index >= 15 is 0 Å². The number of halogens is 1. The zero-order chi connectivity index (χ0) is 12.8. The predicted octanol–water partition coefficient (Wildman–Crippen LogP) is 3.21. The summed E-state index contributed by atoms with van der Waals surface area (Å²) in [6, 6.07) is 3.75. The molecule has 0 saturated carbocycles. The lowest BCUT2D eigenvalue weighted by molar-refractivity contribution is -0.117. The van der Waals surface area contributed by atoms with Gasteiger partial charge in [-0.25, -0.2) is 0 Å². The number of rotatable bonds is 0. The highest BCUT2D eigenvalue weighted by Gasteiger charge is 2.36. The van der Waals surface area contributed by atoms with Crippen LogP contribution in [0.5, 0.6) is 0 Å². The second-order valence-corrected chi connectivity index (χ2v) is 5.57. The van der Waals surface area contributed by atoms with Crippen molar-refractivity contribution < 1.29 is 4.79 Å². The zero-order valence-corrected chi connectivity index (χ0v) is 11.4. The van der Waals surface area contributed by atoms with Gasteiger partial charge in [-0.3, -0.25) is 4.79 Å². The van der Waals surface area contributed by atoms with E-state index in [2.05, 4.69) is 5.32 Å². The van der Waals surface area contributed by atoms with Crippen LogP contribution in [0.15, 0.2) is 12.1 Å². The number of hydrogen-bond acceptors (Lipinski definition) is 2. The highest BCUT2D eigenvalue weighted by molar-refractivity contribution is 6.31. The van der Waals surface area contributed by atoms with Crippen LogP contribution in [0.4, 0.5) is 11.4 Å². The molecule has 0 atom stereocenters. The van der Waals surface area contributed by atoms with Gasteiger partial charge in [0.25, 0.3) is 0 Å². The average molecular weight is 253 g/mol. The lowest BCUT2D eigenvalue weighted by atomic mass is 9.96. The fourth-order valence-corrected chi connectivity index (χ4v) is 2.70. The van der Waals surface area contributed by atoms with Crippen LogP contribution in [-0.4, -0.2) is 18.0 Å². The first kappa shape index (κ1) is 12.2. The Balaban J connectivity index is 2.64. The number of hydrogen-bond donors (Lipinski definition) is 1. The number of aryl methyl sites for hydroxylation is 1. The Bertz CT molecular complexity index is 483. The molecule has 1 aromatic rings. The van der Waals surface area contributed by atoms with Crippen molar-refractivity contribution in [3.63, 3.8) is 0 Å². The number of benzene rings is 1. The molecular formula is C13H17ClN2O. The van der Waals surface area contributed by atoms with Crippen LogP contribution < -0.4 is 10.2 Å². The molecule has 0 fully saturated rings. The van der Waals surface area contributed by atoms with Gasteiger partial charge in [-0.05, 0) is 38.5 Å². The molecule has 1 aromatic carbocycles. The van der Waals surface area contributed by atoms with Crippen molar-refractivity contribution in [2.45, 2.75) is 33.2 Å². The molecule has 17 heavy (non-hydrogen) atoms. The van der Waals surface area contributed by atoms with Gasteiger partial charge < -0.3 is 10.2 Å². The summed E-state index contributed by atoms with van der Waals surface area (Å²) in [4.78, 5) is 13.7. The summed E-state index contributed by atoms with van der Waals surface area (Å²) < 4.78 is 0. The molecular weight excluding hydrogens is 236 g/mol. The van der Waals surface area contributed by atoms with E-state index in [9.17, 15) is 4.79 Å². The third-order valence-electron chi connectivity index (χ3n) is 3.14. The van der Waals surface area contributed by atoms with E-state index in [0.717, 1.165) is 23.5 Å². The van der Waals surface area contributed by atoms with Crippen molar-refractivity contribution in [1.29, 1.82) is 0 Å². The van der Waals surface area contributed by atoms with Gasteiger partial charge in [0.15, 0.2) is 0 Å². The van der Waals surface area contributed by atoms with Crippen LogP contribution in [0, 0.1) is 6.92 Å². The number of carbonyl (C=O) groups excluding carboxylic acids is 1. The summed E-state index contributed by atoms with van der Waals surface area (Å²) in [6.07, 6.45) is 0. The minimum absolute atomic E-state index is 0.0411. The minimum atomic E-state index is -0.240. The molecule has 4 heteroatoms.